The summed E-state index contributed by atoms with van der Waals surface area (Å²) in [6, 6.07) is 10.3. The molecule has 0 aliphatic rings. The third-order valence-corrected chi connectivity index (χ3v) is 3.02. The van der Waals surface area contributed by atoms with Crippen molar-refractivity contribution in [2.24, 2.45) is 0 Å². The van der Waals surface area contributed by atoms with Crippen molar-refractivity contribution in [3.63, 3.8) is 0 Å². The molecule has 0 atom stereocenters. The van der Waals surface area contributed by atoms with Gasteiger partial charge in [0.1, 0.15) is 18.2 Å². The molecular formula is C17H16FNO4. The molecule has 0 saturated heterocycles. The minimum Gasteiger partial charge on any atom is -0.496 e. The average Bonchev–Trinajstić information content (AvgIpc) is 2.52. The number of hydrogen-bond donors (Lipinski definition) is 1. The van der Waals surface area contributed by atoms with E-state index in [1.165, 1.54) is 38.3 Å². The molecule has 120 valence electrons. The number of halogens is 1. The average molecular weight is 317 g/mol. The zero-order chi connectivity index (χ0) is 16.8. The number of methoxy groups -OCH3 is 1. The molecule has 1 amide bonds. The van der Waals surface area contributed by atoms with Crippen LogP contribution >= 0.6 is 0 Å². The maximum atomic E-state index is 13.3. The Kier molecular flexibility index (Phi) is 5.30. The number of nitrogens with one attached hydrogen (secondary N) is 1. The molecule has 0 unspecified atom stereocenters. The molecule has 0 spiro atoms. The zero-order valence-electron chi connectivity index (χ0n) is 12.8. The van der Waals surface area contributed by atoms with E-state index in [0.29, 0.717) is 17.0 Å². The molecule has 0 aromatic heterocycles. The SMILES string of the molecule is COc1ccc(F)cc1COC(=O)c1cccc(NC(C)=O)c1. The van der Waals surface area contributed by atoms with Crippen LogP contribution in [0.5, 0.6) is 5.75 Å². The van der Waals surface area contributed by atoms with Gasteiger partial charge in [0.25, 0.3) is 0 Å². The Hall–Kier alpha value is -2.89. The van der Waals surface area contributed by atoms with Crippen LogP contribution in [0, 0.1) is 5.82 Å². The van der Waals surface area contributed by atoms with E-state index in [9.17, 15) is 14.0 Å². The summed E-state index contributed by atoms with van der Waals surface area (Å²) >= 11 is 0. The van der Waals surface area contributed by atoms with Gasteiger partial charge in [-0.3, -0.25) is 4.79 Å². The molecule has 0 bridgehead atoms. The molecule has 2 rings (SSSR count). The van der Waals surface area contributed by atoms with Gasteiger partial charge in [-0.2, -0.15) is 0 Å². The van der Waals surface area contributed by atoms with Crippen molar-refractivity contribution in [1.29, 1.82) is 0 Å². The third-order valence-electron chi connectivity index (χ3n) is 3.02. The van der Waals surface area contributed by atoms with Crippen molar-refractivity contribution in [2.75, 3.05) is 12.4 Å². The van der Waals surface area contributed by atoms with Crippen LogP contribution in [0.25, 0.3) is 0 Å². The molecule has 0 aliphatic heterocycles. The summed E-state index contributed by atoms with van der Waals surface area (Å²) in [7, 11) is 1.45. The van der Waals surface area contributed by atoms with Crippen molar-refractivity contribution in [2.45, 2.75) is 13.5 Å². The van der Waals surface area contributed by atoms with E-state index in [1.807, 2.05) is 0 Å². The lowest BCUT2D eigenvalue weighted by Gasteiger charge is -2.10. The van der Waals surface area contributed by atoms with Gasteiger partial charge in [0.2, 0.25) is 5.91 Å². The highest BCUT2D eigenvalue weighted by Gasteiger charge is 2.11. The Morgan fingerprint density at radius 3 is 2.65 bits per heavy atom. The largest absolute Gasteiger partial charge is 0.496 e. The molecule has 0 heterocycles. The van der Waals surface area contributed by atoms with Gasteiger partial charge in [-0.25, -0.2) is 9.18 Å². The highest BCUT2D eigenvalue weighted by molar-refractivity contribution is 5.93. The van der Waals surface area contributed by atoms with Crippen molar-refractivity contribution in [1.82, 2.24) is 0 Å². The van der Waals surface area contributed by atoms with Gasteiger partial charge >= 0.3 is 5.97 Å². The molecule has 0 aliphatic carbocycles. The highest BCUT2D eigenvalue weighted by Crippen LogP contribution is 2.21. The second-order valence-electron chi connectivity index (χ2n) is 4.79. The van der Waals surface area contributed by atoms with Crippen molar-refractivity contribution in [3.05, 3.63) is 59.4 Å². The van der Waals surface area contributed by atoms with Gasteiger partial charge < -0.3 is 14.8 Å². The van der Waals surface area contributed by atoms with Gasteiger partial charge in [0, 0.05) is 18.2 Å². The normalized spacial score (nSPS) is 10.0. The van der Waals surface area contributed by atoms with Crippen LogP contribution < -0.4 is 10.1 Å². The lowest BCUT2D eigenvalue weighted by molar-refractivity contribution is -0.114. The lowest BCUT2D eigenvalue weighted by Crippen LogP contribution is -2.09. The summed E-state index contributed by atoms with van der Waals surface area (Å²) in [6.45, 7) is 1.26. The van der Waals surface area contributed by atoms with Crippen LogP contribution in [-0.2, 0) is 16.1 Å². The topological polar surface area (TPSA) is 64.6 Å². The molecule has 2 aromatic carbocycles. The van der Waals surface area contributed by atoms with Gasteiger partial charge in [0.15, 0.2) is 0 Å². The second kappa shape index (κ2) is 7.40. The van der Waals surface area contributed by atoms with Crippen LogP contribution in [0.3, 0.4) is 0 Å². The molecular weight excluding hydrogens is 301 g/mol. The fourth-order valence-electron chi connectivity index (χ4n) is 2.01. The minimum atomic E-state index is -0.580. The first-order valence-electron chi connectivity index (χ1n) is 6.87. The molecule has 0 saturated carbocycles. The number of anilines is 1. The molecule has 0 fully saturated rings. The highest BCUT2D eigenvalue weighted by atomic mass is 19.1. The number of hydrogen-bond acceptors (Lipinski definition) is 4. The molecule has 6 heteroatoms. The van der Waals surface area contributed by atoms with Gasteiger partial charge in [-0.15, -0.1) is 0 Å². The predicted molar refractivity (Wildman–Crippen MR) is 82.8 cm³/mol. The smallest absolute Gasteiger partial charge is 0.338 e. The van der Waals surface area contributed by atoms with E-state index in [0.717, 1.165) is 0 Å². The number of carbonyl (C=O) groups excluding carboxylic acids is 2. The van der Waals surface area contributed by atoms with Crippen LogP contribution in [-0.4, -0.2) is 19.0 Å². The van der Waals surface area contributed by atoms with Gasteiger partial charge in [-0.05, 0) is 36.4 Å². The first kappa shape index (κ1) is 16.5. The van der Waals surface area contributed by atoms with Gasteiger partial charge in [-0.1, -0.05) is 6.07 Å². The van der Waals surface area contributed by atoms with E-state index in [1.54, 1.807) is 18.2 Å². The van der Waals surface area contributed by atoms with E-state index >= 15 is 0 Å². The zero-order valence-corrected chi connectivity index (χ0v) is 12.8. The van der Waals surface area contributed by atoms with Gasteiger partial charge in [0.05, 0.1) is 12.7 Å². The van der Waals surface area contributed by atoms with E-state index in [-0.39, 0.29) is 18.1 Å². The molecule has 5 nitrogen and oxygen atoms in total. The Bertz CT molecular complexity index is 730. The standard InChI is InChI=1S/C17H16FNO4/c1-11(20)19-15-5-3-4-12(9-15)17(21)23-10-13-8-14(18)6-7-16(13)22-2/h3-9H,10H2,1-2H3,(H,19,20). The number of benzene rings is 2. The van der Waals surface area contributed by atoms with Crippen LogP contribution in [0.1, 0.15) is 22.8 Å². The van der Waals surface area contributed by atoms with Crippen molar-refractivity contribution in [3.8, 4) is 5.75 Å². The maximum Gasteiger partial charge on any atom is 0.338 e. The quantitative estimate of drug-likeness (QED) is 0.860. The van der Waals surface area contributed by atoms with E-state index in [4.69, 9.17) is 9.47 Å². The Balaban J connectivity index is 2.08. The van der Waals surface area contributed by atoms with Crippen LogP contribution in [0.2, 0.25) is 0 Å². The summed E-state index contributed by atoms with van der Waals surface area (Å²) < 4.78 is 23.5. The Morgan fingerprint density at radius 1 is 1.17 bits per heavy atom. The molecule has 23 heavy (non-hydrogen) atoms. The summed E-state index contributed by atoms with van der Waals surface area (Å²) in [6.07, 6.45) is 0. The monoisotopic (exact) mass is 317 g/mol. The van der Waals surface area contributed by atoms with E-state index in [2.05, 4.69) is 5.32 Å². The first-order valence-corrected chi connectivity index (χ1v) is 6.87. The van der Waals surface area contributed by atoms with Crippen molar-refractivity contribution >= 4 is 17.6 Å². The molecule has 0 radical (unpaired) electrons. The summed E-state index contributed by atoms with van der Waals surface area (Å²) in [4.78, 5) is 23.1. The van der Waals surface area contributed by atoms with Crippen molar-refractivity contribution < 1.29 is 23.5 Å². The number of rotatable bonds is 5. The Morgan fingerprint density at radius 2 is 1.96 bits per heavy atom. The predicted octanol–water partition coefficient (Wildman–Crippen LogP) is 3.15. The number of esters is 1. The fraction of sp³-hybridized carbons (Fsp3) is 0.176. The summed E-state index contributed by atoms with van der Waals surface area (Å²) in [5, 5.41) is 2.58. The summed E-state index contributed by atoms with van der Waals surface area (Å²) in [5.74, 6) is -0.820. The minimum absolute atomic E-state index is 0.121. The number of amides is 1. The van der Waals surface area contributed by atoms with Crippen LogP contribution in [0.4, 0.5) is 10.1 Å². The maximum absolute atomic E-state index is 13.3. The molecule has 1 N–H and O–H groups in total. The van der Waals surface area contributed by atoms with E-state index < -0.39 is 11.8 Å². The summed E-state index contributed by atoms with van der Waals surface area (Å²) in [5.41, 5.74) is 1.21. The first-order chi connectivity index (χ1) is 11.0. The number of ether oxygens (including phenoxy) is 2. The second-order valence-corrected chi connectivity index (χ2v) is 4.79. The molecule has 2 aromatic rings. The number of carbonyl (C=O) groups is 2. The lowest BCUT2D eigenvalue weighted by atomic mass is 10.2. The third kappa shape index (κ3) is 4.54. The van der Waals surface area contributed by atoms with Crippen LogP contribution in [0.15, 0.2) is 42.5 Å². The Labute approximate surface area is 133 Å². The fourth-order valence-corrected chi connectivity index (χ4v) is 2.01.